The highest BCUT2D eigenvalue weighted by molar-refractivity contribution is 5.77. The topological polar surface area (TPSA) is 56.8 Å². The van der Waals surface area contributed by atoms with Gasteiger partial charge in [-0.25, -0.2) is 0 Å². The van der Waals surface area contributed by atoms with Crippen molar-refractivity contribution in [3.05, 3.63) is 53.6 Å². The van der Waals surface area contributed by atoms with Crippen molar-refractivity contribution >= 4 is 5.91 Å². The molecule has 0 radical (unpaired) electrons. The lowest BCUT2D eigenvalue weighted by Gasteiger charge is -2.12. The van der Waals surface area contributed by atoms with Gasteiger partial charge < -0.3 is 19.5 Å². The second-order valence-corrected chi connectivity index (χ2v) is 5.35. The number of aryl methyl sites for hydroxylation is 1. The Hall–Kier alpha value is -2.69. The monoisotopic (exact) mass is 329 g/mol. The summed E-state index contributed by atoms with van der Waals surface area (Å²) in [5, 5.41) is 2.84. The van der Waals surface area contributed by atoms with Gasteiger partial charge in [-0.2, -0.15) is 0 Å². The number of amides is 1. The zero-order chi connectivity index (χ0) is 17.4. The number of carbonyl (C=O) groups is 1. The number of nitrogens with one attached hydrogen (secondary N) is 1. The van der Waals surface area contributed by atoms with E-state index in [-0.39, 0.29) is 12.5 Å². The van der Waals surface area contributed by atoms with Crippen LogP contribution in [0.5, 0.6) is 17.2 Å². The first-order valence-electron chi connectivity index (χ1n) is 7.80. The third-order valence-electron chi connectivity index (χ3n) is 3.59. The van der Waals surface area contributed by atoms with Gasteiger partial charge in [0.15, 0.2) is 18.1 Å². The van der Waals surface area contributed by atoms with E-state index in [1.54, 1.807) is 20.3 Å². The zero-order valence-electron chi connectivity index (χ0n) is 14.3. The Balaban J connectivity index is 1.80. The molecule has 5 nitrogen and oxygen atoms in total. The molecule has 0 atom stereocenters. The molecule has 2 aromatic carbocycles. The smallest absolute Gasteiger partial charge is 0.257 e. The van der Waals surface area contributed by atoms with E-state index in [1.807, 2.05) is 43.3 Å². The van der Waals surface area contributed by atoms with Crippen LogP contribution in [0.1, 0.15) is 11.1 Å². The van der Waals surface area contributed by atoms with Crippen molar-refractivity contribution < 1.29 is 19.0 Å². The highest BCUT2D eigenvalue weighted by atomic mass is 16.5. The maximum absolute atomic E-state index is 11.9. The Bertz CT molecular complexity index is 685. The lowest BCUT2D eigenvalue weighted by atomic mass is 10.1. The number of benzene rings is 2. The Kier molecular flexibility index (Phi) is 6.49. The van der Waals surface area contributed by atoms with E-state index in [1.165, 1.54) is 0 Å². The van der Waals surface area contributed by atoms with Gasteiger partial charge in [-0.3, -0.25) is 4.79 Å². The second-order valence-electron chi connectivity index (χ2n) is 5.35. The first kappa shape index (κ1) is 17.7. The molecular formula is C19H23NO4. The van der Waals surface area contributed by atoms with E-state index >= 15 is 0 Å². The number of hydrogen-bond donors (Lipinski definition) is 1. The van der Waals surface area contributed by atoms with Crippen LogP contribution in [0.3, 0.4) is 0 Å². The van der Waals surface area contributed by atoms with Crippen LogP contribution in [0.25, 0.3) is 0 Å². The summed E-state index contributed by atoms with van der Waals surface area (Å²) in [5.74, 6) is 1.83. The van der Waals surface area contributed by atoms with Crippen molar-refractivity contribution in [3.8, 4) is 17.2 Å². The van der Waals surface area contributed by atoms with Crippen LogP contribution < -0.4 is 19.5 Å². The summed E-state index contributed by atoms with van der Waals surface area (Å²) in [5.41, 5.74) is 2.13. The van der Waals surface area contributed by atoms with Gasteiger partial charge in [0, 0.05) is 6.54 Å². The molecule has 1 amide bonds. The van der Waals surface area contributed by atoms with Crippen LogP contribution in [0.4, 0.5) is 0 Å². The summed E-state index contributed by atoms with van der Waals surface area (Å²) in [6, 6.07) is 13.3. The molecule has 0 aromatic heterocycles. The van der Waals surface area contributed by atoms with Gasteiger partial charge in [0.05, 0.1) is 14.2 Å². The van der Waals surface area contributed by atoms with E-state index in [0.717, 1.165) is 16.9 Å². The van der Waals surface area contributed by atoms with Gasteiger partial charge in [0.2, 0.25) is 0 Å². The summed E-state index contributed by atoms with van der Waals surface area (Å²) < 4.78 is 16.1. The first-order valence-corrected chi connectivity index (χ1v) is 7.80. The van der Waals surface area contributed by atoms with Crippen LogP contribution in [0, 0.1) is 6.92 Å². The van der Waals surface area contributed by atoms with Crippen LogP contribution in [0.2, 0.25) is 0 Å². The normalized spacial score (nSPS) is 10.1. The molecule has 0 saturated heterocycles. The van der Waals surface area contributed by atoms with Crippen LogP contribution >= 0.6 is 0 Å². The third kappa shape index (κ3) is 4.91. The number of hydrogen-bond acceptors (Lipinski definition) is 4. The molecule has 5 heteroatoms. The van der Waals surface area contributed by atoms with Crippen LogP contribution in [0.15, 0.2) is 42.5 Å². The molecule has 24 heavy (non-hydrogen) atoms. The number of methoxy groups -OCH3 is 2. The van der Waals surface area contributed by atoms with Crippen LogP contribution in [-0.2, 0) is 11.2 Å². The predicted molar refractivity (Wildman–Crippen MR) is 92.9 cm³/mol. The molecule has 2 aromatic rings. The molecular weight excluding hydrogens is 306 g/mol. The Morgan fingerprint density at radius 3 is 2.50 bits per heavy atom. The molecule has 1 N–H and O–H groups in total. The van der Waals surface area contributed by atoms with Gasteiger partial charge in [0.1, 0.15) is 5.75 Å². The van der Waals surface area contributed by atoms with E-state index in [0.29, 0.717) is 24.5 Å². The average molecular weight is 329 g/mol. The van der Waals surface area contributed by atoms with Crippen molar-refractivity contribution in [2.75, 3.05) is 27.4 Å². The largest absolute Gasteiger partial charge is 0.496 e. The van der Waals surface area contributed by atoms with Gasteiger partial charge in [-0.1, -0.05) is 24.3 Å². The summed E-state index contributed by atoms with van der Waals surface area (Å²) in [6.07, 6.45) is 0.698. The summed E-state index contributed by atoms with van der Waals surface area (Å²) >= 11 is 0. The average Bonchev–Trinajstić information content (AvgIpc) is 2.61. The van der Waals surface area contributed by atoms with Crippen molar-refractivity contribution in [2.24, 2.45) is 0 Å². The van der Waals surface area contributed by atoms with Crippen molar-refractivity contribution in [1.29, 1.82) is 0 Å². The third-order valence-corrected chi connectivity index (χ3v) is 3.59. The Morgan fingerprint density at radius 1 is 1.00 bits per heavy atom. The molecule has 0 aliphatic carbocycles. The molecule has 0 heterocycles. The molecule has 0 saturated carbocycles. The van der Waals surface area contributed by atoms with Crippen molar-refractivity contribution in [1.82, 2.24) is 5.32 Å². The first-order chi connectivity index (χ1) is 11.6. The highest BCUT2D eigenvalue weighted by Crippen LogP contribution is 2.27. The summed E-state index contributed by atoms with van der Waals surface area (Å²) in [6.45, 7) is 2.44. The van der Waals surface area contributed by atoms with Crippen molar-refractivity contribution in [2.45, 2.75) is 13.3 Å². The predicted octanol–water partition coefficient (Wildman–Crippen LogP) is 2.75. The highest BCUT2D eigenvalue weighted by Gasteiger charge is 2.08. The molecule has 0 spiro atoms. The number of para-hydroxylation sites is 1. The summed E-state index contributed by atoms with van der Waals surface area (Å²) in [7, 11) is 3.22. The SMILES string of the molecule is COc1ccccc1CCNC(=O)COc1ccc(C)cc1OC. The van der Waals surface area contributed by atoms with E-state index in [4.69, 9.17) is 14.2 Å². The van der Waals surface area contributed by atoms with E-state index in [2.05, 4.69) is 5.32 Å². The van der Waals surface area contributed by atoms with E-state index < -0.39 is 0 Å². The zero-order valence-corrected chi connectivity index (χ0v) is 14.3. The minimum atomic E-state index is -0.174. The molecule has 0 bridgehead atoms. The molecule has 0 aliphatic rings. The number of ether oxygens (including phenoxy) is 3. The maximum Gasteiger partial charge on any atom is 0.257 e. The molecule has 0 aliphatic heterocycles. The minimum absolute atomic E-state index is 0.0503. The van der Waals surface area contributed by atoms with Gasteiger partial charge in [-0.15, -0.1) is 0 Å². The number of carbonyl (C=O) groups excluding carboxylic acids is 1. The molecule has 2 rings (SSSR count). The summed E-state index contributed by atoms with van der Waals surface area (Å²) in [4.78, 5) is 11.9. The minimum Gasteiger partial charge on any atom is -0.496 e. The second kappa shape index (κ2) is 8.82. The van der Waals surface area contributed by atoms with E-state index in [9.17, 15) is 4.79 Å². The van der Waals surface area contributed by atoms with Crippen molar-refractivity contribution in [3.63, 3.8) is 0 Å². The molecule has 0 unspecified atom stereocenters. The maximum atomic E-state index is 11.9. The van der Waals surface area contributed by atoms with Crippen LogP contribution in [-0.4, -0.2) is 33.3 Å². The standard InChI is InChI=1S/C19H23NO4/c1-14-8-9-17(18(12-14)23-3)24-13-19(21)20-11-10-15-6-4-5-7-16(15)22-2/h4-9,12H,10-11,13H2,1-3H3,(H,20,21). The van der Waals surface area contributed by atoms with Gasteiger partial charge >= 0.3 is 0 Å². The number of rotatable bonds is 8. The Labute approximate surface area is 142 Å². The fraction of sp³-hybridized carbons (Fsp3) is 0.316. The lowest BCUT2D eigenvalue weighted by molar-refractivity contribution is -0.123. The quantitative estimate of drug-likeness (QED) is 0.809. The molecule has 128 valence electrons. The lowest BCUT2D eigenvalue weighted by Crippen LogP contribution is -2.30. The van der Waals surface area contributed by atoms with Gasteiger partial charge in [-0.05, 0) is 42.7 Å². The molecule has 0 fully saturated rings. The fourth-order valence-corrected chi connectivity index (χ4v) is 2.33. The Morgan fingerprint density at radius 2 is 1.75 bits per heavy atom. The van der Waals surface area contributed by atoms with Gasteiger partial charge in [0.25, 0.3) is 5.91 Å². The fourth-order valence-electron chi connectivity index (χ4n) is 2.33.